The highest BCUT2D eigenvalue weighted by atomic mass is 15.2. The molecule has 208 valence electrons. The Morgan fingerprint density at radius 1 is 0.718 bits per heavy atom. The van der Waals surface area contributed by atoms with E-state index < -0.39 is 0 Å². The van der Waals surface area contributed by atoms with E-state index in [1.165, 1.54) is 53.7 Å². The van der Waals surface area contributed by atoms with E-state index in [1.807, 2.05) is 0 Å². The Kier molecular flexibility index (Phi) is 7.28. The molecule has 1 unspecified atom stereocenters. The zero-order valence-electron chi connectivity index (χ0n) is 24.8. The standard InChI is InChI=1S/C33H46N6/c1-22(2)25-7-9-30-32(20-25)39(28-13-17-37(6)18-14-28)33(35-30)19-23(3)26-8-10-29-31(21-26)38(24(4)34-29)27-11-15-36(5)16-12-27/h7-10,20-23,27-28H,11-19H2,1-6H3. The van der Waals surface area contributed by atoms with Gasteiger partial charge in [-0.1, -0.05) is 32.9 Å². The predicted molar refractivity (Wildman–Crippen MR) is 162 cm³/mol. The Morgan fingerprint density at radius 3 is 1.85 bits per heavy atom. The van der Waals surface area contributed by atoms with Crippen molar-refractivity contribution in [2.24, 2.45) is 0 Å². The molecule has 4 heterocycles. The van der Waals surface area contributed by atoms with E-state index in [4.69, 9.17) is 9.97 Å². The average Bonchev–Trinajstić information content (AvgIpc) is 3.45. The van der Waals surface area contributed by atoms with Crippen LogP contribution in [0.25, 0.3) is 22.1 Å². The van der Waals surface area contributed by atoms with Crippen LogP contribution >= 0.6 is 0 Å². The summed E-state index contributed by atoms with van der Waals surface area (Å²) in [6.45, 7) is 13.7. The second-order valence-electron chi connectivity index (χ2n) is 12.8. The number of imidazole rings is 2. The third-order valence-corrected chi connectivity index (χ3v) is 9.51. The molecule has 2 aliphatic heterocycles. The monoisotopic (exact) mass is 526 g/mol. The minimum absolute atomic E-state index is 0.377. The third-order valence-electron chi connectivity index (χ3n) is 9.51. The molecule has 6 nitrogen and oxygen atoms in total. The molecular weight excluding hydrogens is 480 g/mol. The molecule has 0 aliphatic carbocycles. The minimum atomic E-state index is 0.377. The van der Waals surface area contributed by atoms with Crippen LogP contribution in [-0.4, -0.2) is 69.2 Å². The Bertz CT molecular complexity index is 1450. The van der Waals surface area contributed by atoms with Crippen LogP contribution in [0.5, 0.6) is 0 Å². The van der Waals surface area contributed by atoms with Crippen molar-refractivity contribution in [2.45, 2.75) is 83.7 Å². The molecule has 2 aliphatic rings. The number of hydrogen-bond donors (Lipinski definition) is 0. The molecule has 2 saturated heterocycles. The van der Waals surface area contributed by atoms with E-state index in [-0.39, 0.29) is 0 Å². The van der Waals surface area contributed by atoms with Gasteiger partial charge in [-0.25, -0.2) is 9.97 Å². The number of nitrogens with zero attached hydrogens (tertiary/aromatic N) is 6. The average molecular weight is 527 g/mol. The molecule has 0 radical (unpaired) electrons. The van der Waals surface area contributed by atoms with Gasteiger partial charge < -0.3 is 18.9 Å². The first-order chi connectivity index (χ1) is 18.8. The summed E-state index contributed by atoms with van der Waals surface area (Å²) in [5.74, 6) is 3.28. The topological polar surface area (TPSA) is 42.1 Å². The van der Waals surface area contributed by atoms with Gasteiger partial charge in [-0.2, -0.15) is 0 Å². The normalized spacial score (nSPS) is 19.6. The van der Waals surface area contributed by atoms with Gasteiger partial charge in [-0.05, 0) is 120 Å². The summed E-state index contributed by atoms with van der Waals surface area (Å²) in [6, 6.07) is 15.0. The molecule has 6 rings (SSSR count). The summed E-state index contributed by atoms with van der Waals surface area (Å²) in [5.41, 5.74) is 7.69. The molecule has 1 atom stereocenters. The van der Waals surface area contributed by atoms with Crippen molar-refractivity contribution in [1.29, 1.82) is 0 Å². The van der Waals surface area contributed by atoms with Gasteiger partial charge in [0.05, 0.1) is 22.1 Å². The van der Waals surface area contributed by atoms with Crippen molar-refractivity contribution < 1.29 is 0 Å². The second-order valence-corrected chi connectivity index (χ2v) is 12.8. The van der Waals surface area contributed by atoms with Crippen LogP contribution < -0.4 is 0 Å². The van der Waals surface area contributed by atoms with Crippen LogP contribution in [0.4, 0.5) is 0 Å². The van der Waals surface area contributed by atoms with Gasteiger partial charge in [0.1, 0.15) is 11.6 Å². The van der Waals surface area contributed by atoms with Crippen molar-refractivity contribution in [2.75, 3.05) is 40.3 Å². The number of hydrogen-bond acceptors (Lipinski definition) is 4. The van der Waals surface area contributed by atoms with Crippen LogP contribution in [0.2, 0.25) is 0 Å². The number of aryl methyl sites for hydroxylation is 1. The Labute approximate surface area is 234 Å². The maximum Gasteiger partial charge on any atom is 0.110 e. The summed E-state index contributed by atoms with van der Waals surface area (Å²) in [4.78, 5) is 15.1. The van der Waals surface area contributed by atoms with Crippen molar-refractivity contribution in [3.8, 4) is 0 Å². The van der Waals surface area contributed by atoms with Gasteiger partial charge in [-0.15, -0.1) is 0 Å². The van der Waals surface area contributed by atoms with Gasteiger partial charge in [0.25, 0.3) is 0 Å². The highest BCUT2D eigenvalue weighted by Gasteiger charge is 2.26. The molecule has 0 spiro atoms. The van der Waals surface area contributed by atoms with Gasteiger partial charge in [-0.3, -0.25) is 0 Å². The van der Waals surface area contributed by atoms with E-state index >= 15 is 0 Å². The maximum atomic E-state index is 5.26. The summed E-state index contributed by atoms with van der Waals surface area (Å²) < 4.78 is 5.15. The van der Waals surface area contributed by atoms with Crippen molar-refractivity contribution in [3.05, 3.63) is 59.2 Å². The van der Waals surface area contributed by atoms with Crippen LogP contribution in [0.3, 0.4) is 0 Å². The number of benzene rings is 2. The van der Waals surface area contributed by atoms with Crippen LogP contribution in [0.15, 0.2) is 36.4 Å². The first kappa shape index (κ1) is 26.5. The third kappa shape index (κ3) is 5.14. The number of fused-ring (bicyclic) bond motifs is 2. The largest absolute Gasteiger partial charge is 0.325 e. The molecule has 0 saturated carbocycles. The van der Waals surface area contributed by atoms with Crippen LogP contribution in [0.1, 0.15) is 93.1 Å². The quantitative estimate of drug-likeness (QED) is 0.280. The van der Waals surface area contributed by atoms with Gasteiger partial charge in [0.15, 0.2) is 0 Å². The smallest absolute Gasteiger partial charge is 0.110 e. The molecule has 0 bridgehead atoms. The first-order valence-corrected chi connectivity index (χ1v) is 15.1. The maximum absolute atomic E-state index is 5.26. The molecular formula is C33H46N6. The molecule has 39 heavy (non-hydrogen) atoms. The van der Waals surface area contributed by atoms with E-state index in [0.29, 0.717) is 23.9 Å². The van der Waals surface area contributed by atoms with E-state index in [9.17, 15) is 0 Å². The fourth-order valence-corrected chi connectivity index (χ4v) is 6.97. The highest BCUT2D eigenvalue weighted by Crippen LogP contribution is 2.34. The minimum Gasteiger partial charge on any atom is -0.325 e. The Morgan fingerprint density at radius 2 is 1.23 bits per heavy atom. The van der Waals surface area contributed by atoms with Gasteiger partial charge >= 0.3 is 0 Å². The summed E-state index contributed by atoms with van der Waals surface area (Å²) >= 11 is 0. The molecule has 0 amide bonds. The van der Waals surface area contributed by atoms with Gasteiger partial charge in [0, 0.05) is 18.5 Å². The molecule has 2 aromatic carbocycles. The molecule has 0 N–H and O–H groups in total. The lowest BCUT2D eigenvalue weighted by Gasteiger charge is -2.31. The SMILES string of the molecule is Cc1nc2ccc(C(C)Cc3nc4ccc(C(C)C)cc4n3C3CCN(C)CC3)cc2n1C1CCN(C)CC1. The van der Waals surface area contributed by atoms with Crippen molar-refractivity contribution in [1.82, 2.24) is 28.9 Å². The molecule has 2 fully saturated rings. The van der Waals surface area contributed by atoms with E-state index in [1.54, 1.807) is 0 Å². The zero-order chi connectivity index (χ0) is 27.3. The number of rotatable bonds is 6. The lowest BCUT2D eigenvalue weighted by atomic mass is 9.96. The van der Waals surface area contributed by atoms with E-state index in [2.05, 4.69) is 97.1 Å². The Balaban J connectivity index is 1.34. The number of likely N-dealkylation sites (tertiary alicyclic amines) is 2. The lowest BCUT2D eigenvalue weighted by molar-refractivity contribution is 0.221. The summed E-state index contributed by atoms with van der Waals surface area (Å²) in [7, 11) is 4.48. The molecule has 4 aromatic rings. The lowest BCUT2D eigenvalue weighted by Crippen LogP contribution is -2.32. The fourth-order valence-electron chi connectivity index (χ4n) is 6.97. The van der Waals surface area contributed by atoms with Crippen molar-refractivity contribution in [3.63, 3.8) is 0 Å². The zero-order valence-corrected chi connectivity index (χ0v) is 24.8. The highest BCUT2D eigenvalue weighted by molar-refractivity contribution is 5.78. The molecule has 2 aromatic heterocycles. The van der Waals surface area contributed by atoms with Gasteiger partial charge in [0.2, 0.25) is 0 Å². The number of aromatic nitrogens is 4. The predicted octanol–water partition coefficient (Wildman–Crippen LogP) is 6.70. The summed E-state index contributed by atoms with van der Waals surface area (Å²) in [5, 5.41) is 0. The summed E-state index contributed by atoms with van der Waals surface area (Å²) in [6.07, 6.45) is 5.72. The number of piperidine rings is 2. The van der Waals surface area contributed by atoms with E-state index in [0.717, 1.165) is 49.5 Å². The second kappa shape index (κ2) is 10.7. The fraction of sp³-hybridized carbons (Fsp3) is 0.576. The van der Waals surface area contributed by atoms with Crippen molar-refractivity contribution >= 4 is 22.1 Å². The Hall–Kier alpha value is -2.70. The first-order valence-electron chi connectivity index (χ1n) is 15.1. The van der Waals surface area contributed by atoms with Crippen LogP contribution in [0, 0.1) is 6.92 Å². The van der Waals surface area contributed by atoms with Crippen LogP contribution in [-0.2, 0) is 6.42 Å². The molecule has 6 heteroatoms.